The van der Waals surface area contributed by atoms with Gasteiger partial charge in [0, 0.05) is 31.8 Å². The number of hydrogen-bond donors (Lipinski definition) is 0. The van der Waals surface area contributed by atoms with Crippen LogP contribution in [0.1, 0.15) is 60.7 Å². The van der Waals surface area contributed by atoms with Crippen LogP contribution in [0.25, 0.3) is 11.0 Å². The lowest BCUT2D eigenvalue weighted by Crippen LogP contribution is -2.13. The van der Waals surface area contributed by atoms with Crippen molar-refractivity contribution in [3.8, 4) is 11.8 Å². The van der Waals surface area contributed by atoms with Gasteiger partial charge in [-0.15, -0.1) is 0 Å². The average molecular weight is 426 g/mol. The summed E-state index contributed by atoms with van der Waals surface area (Å²) in [5, 5.41) is 13.5. The molecule has 2 heterocycles. The predicted octanol–water partition coefficient (Wildman–Crippen LogP) is 5.32. The van der Waals surface area contributed by atoms with Crippen molar-refractivity contribution in [2.24, 2.45) is 7.05 Å². The molecule has 4 aromatic rings. The summed E-state index contributed by atoms with van der Waals surface area (Å²) >= 11 is 0. The van der Waals surface area contributed by atoms with Crippen LogP contribution in [0.4, 0.5) is 0 Å². The number of rotatable bonds is 6. The Morgan fingerprint density at radius 2 is 1.88 bits per heavy atom. The second-order valence-corrected chi connectivity index (χ2v) is 8.62. The van der Waals surface area contributed by atoms with E-state index in [9.17, 15) is 0 Å². The van der Waals surface area contributed by atoms with E-state index in [0.717, 1.165) is 29.0 Å². The maximum atomic E-state index is 9.12. The molecule has 32 heavy (non-hydrogen) atoms. The van der Waals surface area contributed by atoms with E-state index in [1.54, 1.807) is 4.68 Å². The molecule has 2 aromatic carbocycles. The van der Waals surface area contributed by atoms with Crippen molar-refractivity contribution >= 4 is 11.0 Å². The molecule has 5 rings (SSSR count). The van der Waals surface area contributed by atoms with Crippen molar-refractivity contribution in [3.63, 3.8) is 0 Å². The third kappa shape index (κ3) is 4.24. The fraction of sp³-hybridized carbons (Fsp3) is 0.346. The molecule has 0 atom stereocenters. The molecule has 1 saturated carbocycles. The van der Waals surface area contributed by atoms with Gasteiger partial charge in [0.05, 0.1) is 28.4 Å². The van der Waals surface area contributed by atoms with Gasteiger partial charge in [0.2, 0.25) is 0 Å². The van der Waals surface area contributed by atoms with Gasteiger partial charge in [0.25, 0.3) is 0 Å². The maximum Gasteiger partial charge on any atom is 0.132 e. The van der Waals surface area contributed by atoms with E-state index < -0.39 is 0 Å². The molecule has 6 nitrogen and oxygen atoms in total. The summed E-state index contributed by atoms with van der Waals surface area (Å²) in [6.07, 6.45) is 8.16. The highest BCUT2D eigenvalue weighted by Gasteiger charge is 2.23. The van der Waals surface area contributed by atoms with E-state index in [1.807, 2.05) is 49.6 Å². The molecule has 1 aliphatic carbocycles. The summed E-state index contributed by atoms with van der Waals surface area (Å²) in [5.41, 5.74) is 4.85. The van der Waals surface area contributed by atoms with Crippen molar-refractivity contribution in [2.45, 2.75) is 51.2 Å². The summed E-state index contributed by atoms with van der Waals surface area (Å²) in [4.78, 5) is 5.07. The van der Waals surface area contributed by atoms with Gasteiger partial charge in [-0.05, 0) is 48.7 Å². The molecule has 162 valence electrons. The van der Waals surface area contributed by atoms with Crippen LogP contribution in [0.3, 0.4) is 0 Å². The van der Waals surface area contributed by atoms with Gasteiger partial charge in [-0.1, -0.05) is 31.4 Å². The fourth-order valence-electron chi connectivity index (χ4n) is 4.61. The zero-order valence-electron chi connectivity index (χ0n) is 18.4. The molecular weight excluding hydrogens is 398 g/mol. The van der Waals surface area contributed by atoms with Crippen molar-refractivity contribution in [1.82, 2.24) is 19.3 Å². The Kier molecular flexibility index (Phi) is 5.64. The van der Waals surface area contributed by atoms with Crippen LogP contribution < -0.4 is 4.74 Å². The van der Waals surface area contributed by atoms with Gasteiger partial charge >= 0.3 is 0 Å². The predicted molar refractivity (Wildman–Crippen MR) is 123 cm³/mol. The zero-order chi connectivity index (χ0) is 21.9. The SMILES string of the molecule is Cn1ccc(COc2ccc3nc(C4CCCCC4)n(Cc4ccc(C#N)cc4)c3c2)n1. The first-order valence-corrected chi connectivity index (χ1v) is 11.3. The van der Waals surface area contributed by atoms with Gasteiger partial charge in [-0.2, -0.15) is 10.4 Å². The largest absolute Gasteiger partial charge is 0.487 e. The molecule has 1 fully saturated rings. The molecule has 6 heteroatoms. The lowest BCUT2D eigenvalue weighted by molar-refractivity contribution is 0.300. The van der Waals surface area contributed by atoms with Crippen LogP contribution in [0.2, 0.25) is 0 Å². The number of aryl methyl sites for hydroxylation is 1. The first kappa shape index (κ1) is 20.3. The molecule has 0 aliphatic heterocycles. The molecule has 0 unspecified atom stereocenters. The van der Waals surface area contributed by atoms with Crippen molar-refractivity contribution in [1.29, 1.82) is 5.26 Å². The monoisotopic (exact) mass is 425 g/mol. The highest BCUT2D eigenvalue weighted by atomic mass is 16.5. The van der Waals surface area contributed by atoms with Crippen LogP contribution >= 0.6 is 0 Å². The van der Waals surface area contributed by atoms with Crippen LogP contribution in [0.15, 0.2) is 54.7 Å². The maximum absolute atomic E-state index is 9.12. The van der Waals surface area contributed by atoms with E-state index in [1.165, 1.54) is 43.5 Å². The Labute approximate surface area is 188 Å². The molecule has 0 bridgehead atoms. The van der Waals surface area contributed by atoms with Gasteiger partial charge in [-0.3, -0.25) is 4.68 Å². The van der Waals surface area contributed by atoms with Crippen LogP contribution in [0.5, 0.6) is 5.75 Å². The Morgan fingerprint density at radius 1 is 1.06 bits per heavy atom. The van der Waals surface area contributed by atoms with Crippen molar-refractivity contribution in [3.05, 3.63) is 77.4 Å². The quantitative estimate of drug-likeness (QED) is 0.419. The first-order chi connectivity index (χ1) is 15.7. The molecule has 2 aromatic heterocycles. The van der Waals surface area contributed by atoms with Crippen LogP contribution in [-0.4, -0.2) is 19.3 Å². The third-order valence-corrected chi connectivity index (χ3v) is 6.30. The van der Waals surface area contributed by atoms with E-state index in [2.05, 4.69) is 27.9 Å². The van der Waals surface area contributed by atoms with Gasteiger partial charge in [0.1, 0.15) is 18.2 Å². The number of ether oxygens (including phenoxy) is 1. The number of imidazole rings is 1. The Bertz CT molecular complexity index is 1260. The first-order valence-electron chi connectivity index (χ1n) is 11.3. The standard InChI is InChI=1S/C26H27N5O/c1-30-14-13-22(29-30)18-32-23-11-12-24-25(15-23)31(17-20-9-7-19(16-27)8-10-20)26(28-24)21-5-3-2-4-6-21/h7-15,21H,2-6,17-18H2,1H3. The topological polar surface area (TPSA) is 68.7 Å². The zero-order valence-corrected chi connectivity index (χ0v) is 18.4. The summed E-state index contributed by atoms with van der Waals surface area (Å²) in [7, 11) is 1.91. The summed E-state index contributed by atoms with van der Waals surface area (Å²) < 4.78 is 10.2. The number of aromatic nitrogens is 4. The molecule has 1 aliphatic rings. The second-order valence-electron chi connectivity index (χ2n) is 8.62. The molecule has 0 saturated heterocycles. The summed E-state index contributed by atoms with van der Waals surface area (Å²) in [6, 6.07) is 18.2. The molecular formula is C26H27N5O. The Balaban J connectivity index is 1.49. The minimum absolute atomic E-state index is 0.436. The lowest BCUT2D eigenvalue weighted by atomic mass is 9.88. The Morgan fingerprint density at radius 3 is 2.59 bits per heavy atom. The normalized spacial score (nSPS) is 14.5. The number of hydrogen-bond acceptors (Lipinski definition) is 4. The summed E-state index contributed by atoms with van der Waals surface area (Å²) in [6.45, 7) is 1.17. The van der Waals surface area contributed by atoms with Crippen LogP contribution in [-0.2, 0) is 20.2 Å². The van der Waals surface area contributed by atoms with E-state index in [4.69, 9.17) is 15.0 Å². The van der Waals surface area contributed by atoms with E-state index in [0.29, 0.717) is 18.1 Å². The minimum Gasteiger partial charge on any atom is -0.487 e. The van der Waals surface area contributed by atoms with Crippen molar-refractivity contribution < 1.29 is 4.74 Å². The molecule has 0 N–H and O–H groups in total. The Hall–Kier alpha value is -3.59. The molecule has 0 amide bonds. The van der Waals surface area contributed by atoms with E-state index >= 15 is 0 Å². The average Bonchev–Trinajstić information content (AvgIpc) is 3.42. The highest BCUT2D eigenvalue weighted by Crippen LogP contribution is 2.35. The number of nitrogens with zero attached hydrogens (tertiary/aromatic N) is 5. The number of benzene rings is 2. The minimum atomic E-state index is 0.436. The molecule has 0 radical (unpaired) electrons. The lowest BCUT2D eigenvalue weighted by Gasteiger charge is -2.22. The second kappa shape index (κ2) is 8.88. The van der Waals surface area contributed by atoms with Gasteiger partial charge in [0.15, 0.2) is 0 Å². The number of fused-ring (bicyclic) bond motifs is 1. The summed E-state index contributed by atoms with van der Waals surface area (Å²) in [5.74, 6) is 2.48. The highest BCUT2D eigenvalue weighted by molar-refractivity contribution is 5.78. The smallest absolute Gasteiger partial charge is 0.132 e. The number of nitriles is 1. The fourth-order valence-corrected chi connectivity index (χ4v) is 4.61. The molecule has 0 spiro atoms. The van der Waals surface area contributed by atoms with Gasteiger partial charge < -0.3 is 9.30 Å². The van der Waals surface area contributed by atoms with Crippen LogP contribution in [0, 0.1) is 11.3 Å². The van der Waals surface area contributed by atoms with Crippen molar-refractivity contribution in [2.75, 3.05) is 0 Å². The van der Waals surface area contributed by atoms with E-state index in [-0.39, 0.29) is 0 Å². The third-order valence-electron chi connectivity index (χ3n) is 6.30. The van der Waals surface area contributed by atoms with Gasteiger partial charge in [-0.25, -0.2) is 4.98 Å².